The van der Waals surface area contributed by atoms with Crippen molar-refractivity contribution < 1.29 is 14.0 Å². The molecule has 0 fully saturated rings. The van der Waals surface area contributed by atoms with Crippen molar-refractivity contribution in [2.24, 2.45) is 5.92 Å². The van der Waals surface area contributed by atoms with Crippen LogP contribution in [0.3, 0.4) is 0 Å². The third kappa shape index (κ3) is 11.0. The molecule has 2 atom stereocenters. The summed E-state index contributed by atoms with van der Waals surface area (Å²) in [5, 5.41) is 0. The van der Waals surface area contributed by atoms with E-state index in [0.29, 0.717) is 5.75 Å². The first-order valence-corrected chi connectivity index (χ1v) is 12.9. The molecule has 0 saturated carbocycles. The molecule has 0 bridgehead atoms. The van der Waals surface area contributed by atoms with E-state index >= 15 is 0 Å². The fraction of sp³-hybridized carbons (Fsp3) is 0.739. The van der Waals surface area contributed by atoms with Gasteiger partial charge in [-0.15, -0.1) is 0 Å². The van der Waals surface area contributed by atoms with Gasteiger partial charge in [0.25, 0.3) is 0 Å². The van der Waals surface area contributed by atoms with Crippen LogP contribution in [0.15, 0.2) is 24.3 Å². The van der Waals surface area contributed by atoms with E-state index < -0.39 is 7.60 Å². The van der Waals surface area contributed by atoms with Gasteiger partial charge in [0.2, 0.25) is 0 Å². The Balaban J connectivity index is 2.53. The summed E-state index contributed by atoms with van der Waals surface area (Å²) in [4.78, 5) is 10.4. The van der Waals surface area contributed by atoms with Crippen LogP contribution in [0.2, 0.25) is 0 Å². The van der Waals surface area contributed by atoms with Gasteiger partial charge in [0.15, 0.2) is 0 Å². The summed E-state index contributed by atoms with van der Waals surface area (Å²) < 4.78 is 18.3. The molecule has 1 aromatic carbocycles. The number of hydrogen-bond acceptors (Lipinski definition) is 2. The van der Waals surface area contributed by atoms with Crippen LogP contribution in [0.1, 0.15) is 97.0 Å². The molecule has 1 aromatic rings. The standard InChI is InChI=1S/C23H41O3P/c1-4-7-9-10-11-12-13-17-22-18-14-15-19-23(22)26-27(24,25)20-21(6-3)16-8-5-2/h14-15,18-19,21H,4-13,16-17,20H2,1-3H3,(H,24,25). The van der Waals surface area contributed by atoms with Crippen molar-refractivity contribution in [1.29, 1.82) is 0 Å². The van der Waals surface area contributed by atoms with Gasteiger partial charge in [0, 0.05) is 0 Å². The Morgan fingerprint density at radius 3 is 2.22 bits per heavy atom. The van der Waals surface area contributed by atoms with Crippen molar-refractivity contribution in [3.8, 4) is 5.75 Å². The maximum Gasteiger partial charge on any atom is 0.376 e. The summed E-state index contributed by atoms with van der Waals surface area (Å²) in [5.41, 5.74) is 1.06. The second kappa shape index (κ2) is 14.2. The Morgan fingerprint density at radius 1 is 0.926 bits per heavy atom. The molecule has 0 amide bonds. The zero-order valence-corrected chi connectivity index (χ0v) is 18.7. The van der Waals surface area contributed by atoms with Crippen LogP contribution in [-0.2, 0) is 11.0 Å². The predicted molar refractivity (Wildman–Crippen MR) is 117 cm³/mol. The first-order chi connectivity index (χ1) is 13.0. The van der Waals surface area contributed by atoms with Crippen molar-refractivity contribution >= 4 is 7.60 Å². The van der Waals surface area contributed by atoms with E-state index in [1.807, 2.05) is 24.3 Å². The lowest BCUT2D eigenvalue weighted by Crippen LogP contribution is -2.09. The fourth-order valence-corrected chi connectivity index (χ4v) is 5.16. The highest BCUT2D eigenvalue weighted by Crippen LogP contribution is 2.46. The first kappa shape index (κ1) is 24.2. The molecule has 27 heavy (non-hydrogen) atoms. The summed E-state index contributed by atoms with van der Waals surface area (Å²) >= 11 is 0. The van der Waals surface area contributed by atoms with Gasteiger partial charge in [0.1, 0.15) is 5.75 Å². The fourth-order valence-electron chi connectivity index (χ4n) is 3.51. The lowest BCUT2D eigenvalue weighted by Gasteiger charge is -2.20. The third-order valence-electron chi connectivity index (χ3n) is 5.30. The zero-order chi connectivity index (χ0) is 20.0. The Morgan fingerprint density at radius 2 is 1.56 bits per heavy atom. The van der Waals surface area contributed by atoms with E-state index in [2.05, 4.69) is 20.8 Å². The maximum absolute atomic E-state index is 12.7. The minimum atomic E-state index is -3.61. The predicted octanol–water partition coefficient (Wildman–Crippen LogP) is 7.76. The molecule has 0 heterocycles. The maximum atomic E-state index is 12.7. The molecule has 1 rings (SSSR count). The molecule has 3 nitrogen and oxygen atoms in total. The van der Waals surface area contributed by atoms with Crippen LogP contribution >= 0.6 is 7.60 Å². The number of aryl methyl sites for hydroxylation is 1. The second-order valence-corrected chi connectivity index (χ2v) is 9.63. The molecule has 4 heteroatoms. The summed E-state index contributed by atoms with van der Waals surface area (Å²) in [6.45, 7) is 6.49. The summed E-state index contributed by atoms with van der Waals surface area (Å²) in [6, 6.07) is 7.74. The Hall–Kier alpha value is -0.790. The monoisotopic (exact) mass is 396 g/mol. The molecule has 0 aliphatic heterocycles. The first-order valence-electron chi connectivity index (χ1n) is 11.1. The van der Waals surface area contributed by atoms with Crippen LogP contribution in [-0.4, -0.2) is 11.1 Å². The highest BCUT2D eigenvalue weighted by molar-refractivity contribution is 7.53. The SMILES string of the molecule is CCCCCCCCCc1ccccc1OP(=O)(O)CC(CC)CCCC. The lowest BCUT2D eigenvalue weighted by molar-refractivity contribution is 0.358. The Kier molecular flexibility index (Phi) is 12.8. The molecular weight excluding hydrogens is 355 g/mol. The van der Waals surface area contributed by atoms with Crippen LogP contribution in [0.4, 0.5) is 0 Å². The van der Waals surface area contributed by atoms with Crippen molar-refractivity contribution in [2.75, 3.05) is 6.16 Å². The van der Waals surface area contributed by atoms with Gasteiger partial charge < -0.3 is 9.42 Å². The van der Waals surface area contributed by atoms with Crippen molar-refractivity contribution in [3.63, 3.8) is 0 Å². The van der Waals surface area contributed by atoms with Gasteiger partial charge in [-0.05, 0) is 36.8 Å². The highest BCUT2D eigenvalue weighted by Gasteiger charge is 2.26. The summed E-state index contributed by atoms with van der Waals surface area (Å²) in [5.74, 6) is 0.857. The molecule has 0 aromatic heterocycles. The summed E-state index contributed by atoms with van der Waals surface area (Å²) in [6.07, 6.45) is 14.2. The molecule has 0 radical (unpaired) electrons. The quantitative estimate of drug-likeness (QED) is 0.229. The van der Waals surface area contributed by atoms with Gasteiger partial charge in [0.05, 0.1) is 6.16 Å². The molecular formula is C23H41O3P. The van der Waals surface area contributed by atoms with Crippen molar-refractivity contribution in [2.45, 2.75) is 97.8 Å². The number of benzene rings is 1. The molecule has 0 spiro atoms. The van der Waals surface area contributed by atoms with Crippen LogP contribution in [0.25, 0.3) is 0 Å². The largest absolute Gasteiger partial charge is 0.424 e. The lowest BCUT2D eigenvalue weighted by atomic mass is 10.0. The Bertz CT molecular complexity index is 544. The van der Waals surface area contributed by atoms with E-state index in [-0.39, 0.29) is 12.1 Å². The minimum Gasteiger partial charge on any atom is -0.424 e. The number of unbranched alkanes of at least 4 members (excludes halogenated alkanes) is 7. The zero-order valence-electron chi connectivity index (χ0n) is 17.8. The average molecular weight is 397 g/mol. The normalized spacial score (nSPS) is 14.7. The van der Waals surface area contributed by atoms with E-state index in [1.54, 1.807) is 0 Å². The Labute approximate surface area is 167 Å². The van der Waals surface area contributed by atoms with Crippen LogP contribution < -0.4 is 4.52 Å². The summed E-state index contributed by atoms with van der Waals surface area (Å²) in [7, 11) is -3.61. The van der Waals surface area contributed by atoms with Crippen molar-refractivity contribution in [1.82, 2.24) is 0 Å². The average Bonchev–Trinajstić information content (AvgIpc) is 2.65. The topological polar surface area (TPSA) is 46.5 Å². The molecule has 1 N–H and O–H groups in total. The minimum absolute atomic E-state index is 0.259. The number of rotatable bonds is 16. The van der Waals surface area contributed by atoms with E-state index in [4.69, 9.17) is 4.52 Å². The van der Waals surface area contributed by atoms with E-state index in [1.165, 1.54) is 38.5 Å². The molecule has 0 saturated heterocycles. The van der Waals surface area contributed by atoms with Crippen molar-refractivity contribution in [3.05, 3.63) is 29.8 Å². The molecule has 0 aliphatic rings. The van der Waals surface area contributed by atoms with Crippen LogP contribution in [0.5, 0.6) is 5.75 Å². The van der Waals surface area contributed by atoms with Crippen LogP contribution in [0, 0.1) is 5.92 Å². The smallest absolute Gasteiger partial charge is 0.376 e. The van der Waals surface area contributed by atoms with E-state index in [9.17, 15) is 9.46 Å². The third-order valence-corrected chi connectivity index (χ3v) is 6.76. The molecule has 2 unspecified atom stereocenters. The van der Waals surface area contributed by atoms with Gasteiger partial charge in [-0.25, -0.2) is 4.57 Å². The van der Waals surface area contributed by atoms with E-state index in [0.717, 1.165) is 44.1 Å². The number of para-hydroxylation sites is 1. The van der Waals surface area contributed by atoms with Gasteiger partial charge in [-0.2, -0.15) is 0 Å². The van der Waals surface area contributed by atoms with Gasteiger partial charge >= 0.3 is 7.60 Å². The molecule has 156 valence electrons. The second-order valence-electron chi connectivity index (χ2n) is 7.81. The van der Waals surface area contributed by atoms with Gasteiger partial charge in [-0.3, -0.25) is 0 Å². The molecule has 0 aliphatic carbocycles. The number of hydrogen-bond donors (Lipinski definition) is 1. The van der Waals surface area contributed by atoms with Gasteiger partial charge in [-0.1, -0.05) is 96.8 Å². The highest BCUT2D eigenvalue weighted by atomic mass is 31.2.